The second kappa shape index (κ2) is 10.5. The Morgan fingerprint density at radius 1 is 1.13 bits per heavy atom. The van der Waals surface area contributed by atoms with E-state index < -0.39 is 0 Å². The summed E-state index contributed by atoms with van der Waals surface area (Å²) < 4.78 is 5.42. The van der Waals surface area contributed by atoms with Crippen LogP contribution in [0.15, 0.2) is 49.1 Å². The number of H-pyrrole nitrogens is 1. The molecule has 0 bridgehead atoms. The zero-order valence-electron chi connectivity index (χ0n) is 21.9. The van der Waals surface area contributed by atoms with Crippen LogP contribution in [0.2, 0.25) is 0 Å². The van der Waals surface area contributed by atoms with Gasteiger partial charge in [-0.3, -0.25) is 14.7 Å². The molecule has 1 N–H and O–H groups in total. The highest BCUT2D eigenvalue weighted by molar-refractivity contribution is 5.82. The SMILES string of the molecule is COc1cncnc1-c1ccc2nc(Cc3cc(C(C)N4CCN(C(=O)C5CCC5)CC4)ccn3)[nH]c2c1. The number of aromatic amines is 1. The Hall–Kier alpha value is -3.85. The standard InChI is InChI=1S/C29H33N7O2/c1-19(35-10-12-36(13-11-35)29(37)20-4-3-5-20)21-8-9-31-23(14-21)16-27-33-24-7-6-22(15-25(24)34-27)28-26(38-2)17-30-18-32-28/h6-9,14-15,17-20H,3-5,10-13,16H2,1-2H3,(H,33,34). The van der Waals surface area contributed by atoms with Gasteiger partial charge in [-0.2, -0.15) is 0 Å². The topological polar surface area (TPSA) is 100 Å². The van der Waals surface area contributed by atoms with Gasteiger partial charge < -0.3 is 14.6 Å². The molecule has 0 spiro atoms. The first kappa shape index (κ1) is 24.5. The number of carbonyl (C=O) groups is 1. The molecule has 4 heterocycles. The molecule has 3 aromatic heterocycles. The lowest BCUT2D eigenvalue weighted by Crippen LogP contribution is -2.51. The van der Waals surface area contributed by atoms with Crippen molar-refractivity contribution in [2.45, 2.75) is 38.6 Å². The number of pyridine rings is 1. The van der Waals surface area contributed by atoms with Gasteiger partial charge in [0.2, 0.25) is 5.91 Å². The summed E-state index contributed by atoms with van der Waals surface area (Å²) in [5.74, 6) is 2.14. The van der Waals surface area contributed by atoms with Crippen LogP contribution < -0.4 is 4.74 Å². The lowest BCUT2D eigenvalue weighted by atomic mass is 9.84. The summed E-state index contributed by atoms with van der Waals surface area (Å²) in [5.41, 5.74) is 5.74. The Bertz CT molecular complexity index is 1440. The molecule has 1 amide bonds. The van der Waals surface area contributed by atoms with E-state index in [9.17, 15) is 4.79 Å². The second-order valence-electron chi connectivity index (χ2n) is 10.3. The number of hydrogen-bond acceptors (Lipinski definition) is 7. The summed E-state index contributed by atoms with van der Waals surface area (Å²) in [6, 6.07) is 10.6. The van der Waals surface area contributed by atoms with Crippen molar-refractivity contribution in [1.29, 1.82) is 0 Å². The number of benzene rings is 1. The van der Waals surface area contributed by atoms with Crippen LogP contribution >= 0.6 is 0 Å². The van der Waals surface area contributed by atoms with Gasteiger partial charge in [-0.05, 0) is 49.6 Å². The molecular weight excluding hydrogens is 478 g/mol. The Labute approximate surface area is 222 Å². The highest BCUT2D eigenvalue weighted by atomic mass is 16.5. The molecule has 9 heteroatoms. The summed E-state index contributed by atoms with van der Waals surface area (Å²) in [6.07, 6.45) is 9.03. The third-order valence-electron chi connectivity index (χ3n) is 8.00. The van der Waals surface area contributed by atoms with Crippen molar-refractivity contribution in [3.63, 3.8) is 0 Å². The number of methoxy groups -OCH3 is 1. The molecule has 1 atom stereocenters. The monoisotopic (exact) mass is 511 g/mol. The smallest absolute Gasteiger partial charge is 0.225 e. The minimum absolute atomic E-state index is 0.263. The maximum atomic E-state index is 12.6. The number of aromatic nitrogens is 5. The fourth-order valence-corrected chi connectivity index (χ4v) is 5.46. The van der Waals surface area contributed by atoms with Crippen molar-refractivity contribution in [3.8, 4) is 17.0 Å². The summed E-state index contributed by atoms with van der Waals surface area (Å²) >= 11 is 0. The molecule has 38 heavy (non-hydrogen) atoms. The van der Waals surface area contributed by atoms with Crippen LogP contribution in [0.1, 0.15) is 49.3 Å². The number of carbonyl (C=O) groups excluding carboxylic acids is 1. The molecule has 2 aliphatic rings. The number of nitrogens with zero attached hydrogens (tertiary/aromatic N) is 6. The quantitative estimate of drug-likeness (QED) is 0.400. The molecule has 196 valence electrons. The van der Waals surface area contributed by atoms with Gasteiger partial charge in [-0.15, -0.1) is 0 Å². The molecule has 1 saturated heterocycles. The molecule has 1 aliphatic carbocycles. The number of rotatable bonds is 7. The van der Waals surface area contributed by atoms with Gasteiger partial charge in [0.1, 0.15) is 17.8 Å². The summed E-state index contributed by atoms with van der Waals surface area (Å²) in [4.78, 5) is 38.4. The number of amides is 1. The van der Waals surface area contributed by atoms with Gasteiger partial charge in [0, 0.05) is 62.0 Å². The molecular formula is C29H33N7O2. The molecule has 2 fully saturated rings. The van der Waals surface area contributed by atoms with Crippen LogP contribution in [0, 0.1) is 5.92 Å². The summed E-state index contributed by atoms with van der Waals surface area (Å²) in [7, 11) is 1.62. The first-order valence-electron chi connectivity index (χ1n) is 13.4. The Kier molecular flexibility index (Phi) is 6.76. The van der Waals surface area contributed by atoms with Crippen molar-refractivity contribution in [3.05, 3.63) is 66.1 Å². The van der Waals surface area contributed by atoms with E-state index in [1.807, 2.05) is 24.4 Å². The maximum absolute atomic E-state index is 12.6. The van der Waals surface area contributed by atoms with Gasteiger partial charge in [0.25, 0.3) is 0 Å². The van der Waals surface area contributed by atoms with E-state index >= 15 is 0 Å². The number of hydrogen-bond donors (Lipinski definition) is 1. The molecule has 1 aromatic carbocycles. The van der Waals surface area contributed by atoms with Crippen molar-refractivity contribution < 1.29 is 9.53 Å². The second-order valence-corrected chi connectivity index (χ2v) is 10.3. The van der Waals surface area contributed by atoms with E-state index in [0.717, 1.165) is 72.8 Å². The molecule has 1 aliphatic heterocycles. The Balaban J connectivity index is 1.13. The van der Waals surface area contributed by atoms with Crippen LogP contribution in [0.5, 0.6) is 5.75 Å². The highest BCUT2D eigenvalue weighted by Crippen LogP contribution is 2.30. The van der Waals surface area contributed by atoms with Gasteiger partial charge in [0.05, 0.1) is 24.3 Å². The van der Waals surface area contributed by atoms with E-state index in [-0.39, 0.29) is 12.0 Å². The lowest BCUT2D eigenvalue weighted by molar-refractivity contribution is -0.140. The van der Waals surface area contributed by atoms with Gasteiger partial charge in [-0.1, -0.05) is 12.5 Å². The summed E-state index contributed by atoms with van der Waals surface area (Å²) in [6.45, 7) is 5.69. The van der Waals surface area contributed by atoms with E-state index in [4.69, 9.17) is 9.72 Å². The van der Waals surface area contributed by atoms with Crippen LogP contribution in [-0.2, 0) is 11.2 Å². The maximum Gasteiger partial charge on any atom is 0.225 e. The first-order chi connectivity index (χ1) is 18.6. The van der Waals surface area contributed by atoms with Crippen LogP contribution in [0.4, 0.5) is 0 Å². The average Bonchev–Trinajstić information content (AvgIpc) is 3.33. The van der Waals surface area contributed by atoms with E-state index in [2.05, 4.69) is 48.8 Å². The van der Waals surface area contributed by atoms with E-state index in [1.165, 1.54) is 18.3 Å². The Morgan fingerprint density at radius 2 is 1.97 bits per heavy atom. The zero-order chi connectivity index (χ0) is 26.1. The minimum Gasteiger partial charge on any atom is -0.493 e. The predicted octanol–water partition coefficient (Wildman–Crippen LogP) is 4.02. The van der Waals surface area contributed by atoms with Crippen molar-refractivity contribution in [2.24, 2.45) is 5.92 Å². The molecule has 1 unspecified atom stereocenters. The lowest BCUT2D eigenvalue weighted by Gasteiger charge is -2.40. The number of fused-ring (bicyclic) bond motifs is 1. The zero-order valence-corrected chi connectivity index (χ0v) is 21.9. The van der Waals surface area contributed by atoms with Crippen molar-refractivity contribution in [1.82, 2.24) is 34.7 Å². The van der Waals surface area contributed by atoms with Gasteiger partial charge in [-0.25, -0.2) is 15.0 Å². The van der Waals surface area contributed by atoms with Crippen LogP contribution in [0.25, 0.3) is 22.3 Å². The van der Waals surface area contributed by atoms with Crippen LogP contribution in [0.3, 0.4) is 0 Å². The average molecular weight is 512 g/mol. The van der Waals surface area contributed by atoms with E-state index in [1.54, 1.807) is 13.3 Å². The Morgan fingerprint density at radius 3 is 2.74 bits per heavy atom. The molecule has 1 saturated carbocycles. The fourth-order valence-electron chi connectivity index (χ4n) is 5.46. The normalized spacial score (nSPS) is 17.4. The van der Waals surface area contributed by atoms with E-state index in [0.29, 0.717) is 18.1 Å². The van der Waals surface area contributed by atoms with Gasteiger partial charge in [0.15, 0.2) is 5.75 Å². The highest BCUT2D eigenvalue weighted by Gasteiger charge is 2.32. The first-order valence-corrected chi connectivity index (χ1v) is 13.4. The molecule has 0 radical (unpaired) electrons. The minimum atomic E-state index is 0.263. The molecule has 9 nitrogen and oxygen atoms in total. The fraction of sp³-hybridized carbons (Fsp3) is 0.414. The molecule has 6 rings (SSSR count). The largest absolute Gasteiger partial charge is 0.493 e. The van der Waals surface area contributed by atoms with Crippen molar-refractivity contribution in [2.75, 3.05) is 33.3 Å². The number of ether oxygens (including phenoxy) is 1. The molecule has 4 aromatic rings. The number of nitrogens with one attached hydrogen (secondary N) is 1. The predicted molar refractivity (Wildman–Crippen MR) is 145 cm³/mol. The van der Waals surface area contributed by atoms with Gasteiger partial charge >= 0.3 is 0 Å². The van der Waals surface area contributed by atoms with Crippen LogP contribution in [-0.4, -0.2) is 73.9 Å². The van der Waals surface area contributed by atoms with Crippen molar-refractivity contribution >= 4 is 16.9 Å². The number of imidazole rings is 1. The third kappa shape index (κ3) is 4.86. The number of piperazine rings is 1. The third-order valence-corrected chi connectivity index (χ3v) is 8.00. The summed E-state index contributed by atoms with van der Waals surface area (Å²) in [5, 5.41) is 0.